The first-order valence-electron chi connectivity index (χ1n) is 6.76. The van der Waals surface area contributed by atoms with Crippen LogP contribution < -0.4 is 5.32 Å². The van der Waals surface area contributed by atoms with Crippen LogP contribution in [0.2, 0.25) is 0 Å². The lowest BCUT2D eigenvalue weighted by molar-refractivity contribution is -0.384. The lowest BCUT2D eigenvalue weighted by Crippen LogP contribution is -2.23. The Hall–Kier alpha value is -1.62. The number of nitro benzene ring substituents is 1. The van der Waals surface area contributed by atoms with Crippen LogP contribution in [0.5, 0.6) is 0 Å². The van der Waals surface area contributed by atoms with Crippen molar-refractivity contribution in [3.05, 3.63) is 33.9 Å². The zero-order valence-electron chi connectivity index (χ0n) is 11.6. The van der Waals surface area contributed by atoms with Crippen molar-refractivity contribution >= 4 is 11.4 Å². The quantitative estimate of drug-likeness (QED) is 0.673. The lowest BCUT2D eigenvalue weighted by Gasteiger charge is -2.19. The van der Waals surface area contributed by atoms with Gasteiger partial charge in [-0.15, -0.1) is 0 Å². The molecule has 0 bridgehead atoms. The zero-order valence-corrected chi connectivity index (χ0v) is 11.6. The summed E-state index contributed by atoms with van der Waals surface area (Å²) >= 11 is 0. The van der Waals surface area contributed by atoms with Gasteiger partial charge < -0.3 is 10.2 Å². The minimum atomic E-state index is -0.342. The predicted octanol–water partition coefficient (Wildman–Crippen LogP) is 2.80. The van der Waals surface area contributed by atoms with Crippen molar-refractivity contribution in [1.29, 1.82) is 0 Å². The second-order valence-electron chi connectivity index (χ2n) is 5.33. The van der Waals surface area contributed by atoms with Crippen LogP contribution in [0.25, 0.3) is 0 Å². The maximum absolute atomic E-state index is 10.8. The van der Waals surface area contributed by atoms with E-state index in [9.17, 15) is 10.1 Å². The van der Waals surface area contributed by atoms with Crippen LogP contribution in [0.3, 0.4) is 0 Å². The molecule has 1 heterocycles. The first kappa shape index (κ1) is 13.8. The highest BCUT2D eigenvalue weighted by atomic mass is 16.6. The molecule has 1 N–H and O–H groups in total. The van der Waals surface area contributed by atoms with Crippen molar-refractivity contribution in [2.75, 3.05) is 25.5 Å². The minimum Gasteiger partial charge on any atom is -0.382 e. The number of nitrogens with zero attached hydrogens (tertiary/aromatic N) is 2. The molecule has 0 aliphatic carbocycles. The first-order valence-corrected chi connectivity index (χ1v) is 6.76. The van der Waals surface area contributed by atoms with E-state index in [2.05, 4.69) is 17.3 Å². The van der Waals surface area contributed by atoms with Crippen molar-refractivity contribution in [2.24, 2.45) is 0 Å². The number of nitrogens with one attached hydrogen (secondary N) is 1. The Kier molecular flexibility index (Phi) is 4.37. The predicted molar refractivity (Wildman–Crippen MR) is 76.6 cm³/mol. The summed E-state index contributed by atoms with van der Waals surface area (Å²) < 4.78 is 0. The van der Waals surface area contributed by atoms with Gasteiger partial charge in [-0.3, -0.25) is 10.1 Å². The van der Waals surface area contributed by atoms with Crippen LogP contribution in [-0.2, 0) is 0 Å². The summed E-state index contributed by atoms with van der Waals surface area (Å²) in [6, 6.07) is 5.42. The fraction of sp³-hybridized carbons (Fsp3) is 0.571. The Labute approximate surface area is 113 Å². The topological polar surface area (TPSA) is 58.4 Å². The van der Waals surface area contributed by atoms with E-state index in [4.69, 9.17) is 0 Å². The summed E-state index contributed by atoms with van der Waals surface area (Å²) in [6.45, 7) is 4.19. The number of rotatable bonds is 3. The number of likely N-dealkylation sites (tertiary alicyclic amines) is 1. The molecule has 0 amide bonds. The van der Waals surface area contributed by atoms with Gasteiger partial charge in [0.2, 0.25) is 0 Å². The Morgan fingerprint density at radius 3 is 2.89 bits per heavy atom. The van der Waals surface area contributed by atoms with E-state index in [-0.39, 0.29) is 10.6 Å². The molecule has 104 valence electrons. The molecule has 0 aromatic heterocycles. The molecule has 0 spiro atoms. The summed E-state index contributed by atoms with van der Waals surface area (Å²) in [6.07, 6.45) is 3.37. The van der Waals surface area contributed by atoms with Crippen molar-refractivity contribution in [1.82, 2.24) is 4.90 Å². The standard InChI is InChI=1S/C14H21N3O2/c1-11-5-6-13(17(18)19)10-14(11)15-12-4-3-8-16(2)9-7-12/h5-6,10,12,15H,3-4,7-9H2,1-2H3. The molecule has 1 aromatic carbocycles. The van der Waals surface area contributed by atoms with Crippen molar-refractivity contribution in [3.8, 4) is 0 Å². The third-order valence-corrected chi connectivity index (χ3v) is 3.74. The van der Waals surface area contributed by atoms with Crippen LogP contribution in [-0.4, -0.2) is 36.0 Å². The molecular formula is C14H21N3O2. The molecule has 5 heteroatoms. The molecular weight excluding hydrogens is 242 g/mol. The summed E-state index contributed by atoms with van der Waals surface area (Å²) in [7, 11) is 2.14. The van der Waals surface area contributed by atoms with Crippen molar-refractivity contribution < 1.29 is 4.92 Å². The molecule has 19 heavy (non-hydrogen) atoms. The van der Waals surface area contributed by atoms with Crippen molar-refractivity contribution in [2.45, 2.75) is 32.2 Å². The van der Waals surface area contributed by atoms with Gasteiger partial charge in [0, 0.05) is 23.9 Å². The average Bonchev–Trinajstić information content (AvgIpc) is 2.57. The van der Waals surface area contributed by atoms with Crippen molar-refractivity contribution in [3.63, 3.8) is 0 Å². The first-order chi connectivity index (χ1) is 9.06. The molecule has 2 rings (SSSR count). The average molecular weight is 263 g/mol. The van der Waals surface area contributed by atoms with Gasteiger partial charge in [0.1, 0.15) is 0 Å². The van der Waals surface area contributed by atoms with Gasteiger partial charge >= 0.3 is 0 Å². The maximum Gasteiger partial charge on any atom is 0.271 e. The molecule has 1 fully saturated rings. The number of hydrogen-bond donors (Lipinski definition) is 1. The summed E-state index contributed by atoms with van der Waals surface area (Å²) in [4.78, 5) is 12.8. The third-order valence-electron chi connectivity index (χ3n) is 3.74. The van der Waals surface area contributed by atoms with Crippen LogP contribution in [0.1, 0.15) is 24.8 Å². The Morgan fingerprint density at radius 1 is 1.37 bits per heavy atom. The fourth-order valence-corrected chi connectivity index (χ4v) is 2.48. The van der Waals surface area contributed by atoms with E-state index in [0.717, 1.165) is 37.2 Å². The Morgan fingerprint density at radius 2 is 2.16 bits per heavy atom. The normalized spacial score (nSPS) is 20.8. The van der Waals surface area contributed by atoms with Gasteiger partial charge in [-0.2, -0.15) is 0 Å². The maximum atomic E-state index is 10.8. The molecule has 1 aliphatic rings. The molecule has 0 radical (unpaired) electrons. The second kappa shape index (κ2) is 6.02. The molecule has 0 saturated carbocycles. The van der Waals surface area contributed by atoms with E-state index < -0.39 is 0 Å². The summed E-state index contributed by atoms with van der Waals surface area (Å²) in [5, 5.41) is 14.3. The summed E-state index contributed by atoms with van der Waals surface area (Å²) in [5.74, 6) is 0. The highest BCUT2D eigenvalue weighted by Crippen LogP contribution is 2.24. The molecule has 1 aliphatic heterocycles. The molecule has 1 saturated heterocycles. The monoisotopic (exact) mass is 263 g/mol. The van der Waals surface area contributed by atoms with Gasteiger partial charge in [-0.1, -0.05) is 6.07 Å². The van der Waals surface area contributed by atoms with Gasteiger partial charge in [-0.25, -0.2) is 0 Å². The van der Waals surface area contributed by atoms with Gasteiger partial charge in [-0.05, 0) is 51.9 Å². The van der Waals surface area contributed by atoms with Gasteiger partial charge in [0.25, 0.3) is 5.69 Å². The Bertz CT molecular complexity index is 462. The van der Waals surface area contributed by atoms with Gasteiger partial charge in [0.15, 0.2) is 0 Å². The van der Waals surface area contributed by atoms with Crippen LogP contribution in [0, 0.1) is 17.0 Å². The van der Waals surface area contributed by atoms with Crippen LogP contribution >= 0.6 is 0 Å². The van der Waals surface area contributed by atoms with E-state index in [1.807, 2.05) is 13.0 Å². The number of nitro groups is 1. The SMILES string of the molecule is Cc1ccc([N+](=O)[O-])cc1NC1CCCN(C)CC1. The van der Waals surface area contributed by atoms with Crippen LogP contribution in [0.15, 0.2) is 18.2 Å². The minimum absolute atomic E-state index is 0.152. The molecule has 1 aromatic rings. The summed E-state index contributed by atoms with van der Waals surface area (Å²) in [5.41, 5.74) is 2.10. The number of hydrogen-bond acceptors (Lipinski definition) is 4. The number of aryl methyl sites for hydroxylation is 1. The Balaban J connectivity index is 2.09. The van der Waals surface area contributed by atoms with E-state index in [0.29, 0.717) is 6.04 Å². The van der Waals surface area contributed by atoms with Gasteiger partial charge in [0.05, 0.1) is 4.92 Å². The highest BCUT2D eigenvalue weighted by Gasteiger charge is 2.16. The second-order valence-corrected chi connectivity index (χ2v) is 5.33. The molecule has 1 atom stereocenters. The largest absolute Gasteiger partial charge is 0.382 e. The fourth-order valence-electron chi connectivity index (χ4n) is 2.48. The smallest absolute Gasteiger partial charge is 0.271 e. The van der Waals surface area contributed by atoms with E-state index >= 15 is 0 Å². The van der Waals surface area contributed by atoms with E-state index in [1.54, 1.807) is 12.1 Å². The molecule has 1 unspecified atom stereocenters. The number of benzene rings is 1. The zero-order chi connectivity index (χ0) is 13.8. The molecule has 5 nitrogen and oxygen atoms in total. The highest BCUT2D eigenvalue weighted by molar-refractivity contribution is 5.57. The third kappa shape index (κ3) is 3.67. The number of anilines is 1. The van der Waals surface area contributed by atoms with Crippen LogP contribution in [0.4, 0.5) is 11.4 Å². The lowest BCUT2D eigenvalue weighted by atomic mass is 10.1. The van der Waals surface area contributed by atoms with E-state index in [1.165, 1.54) is 6.42 Å². The number of non-ortho nitro benzene ring substituents is 1.